The van der Waals surface area contributed by atoms with E-state index in [1.165, 1.54) is 12.8 Å². The second kappa shape index (κ2) is 7.61. The zero-order valence-corrected chi connectivity index (χ0v) is 13.5. The minimum Gasteiger partial charge on any atom is -0.391 e. The van der Waals surface area contributed by atoms with Gasteiger partial charge in [-0.3, -0.25) is 4.90 Å². The van der Waals surface area contributed by atoms with Crippen LogP contribution in [-0.4, -0.2) is 49.0 Å². The summed E-state index contributed by atoms with van der Waals surface area (Å²) in [5.41, 5.74) is 0.388. The van der Waals surface area contributed by atoms with Crippen LogP contribution < -0.4 is 0 Å². The molecule has 1 saturated carbocycles. The molecule has 0 spiro atoms. The zero-order chi connectivity index (χ0) is 14.5. The average Bonchev–Trinajstić information content (AvgIpc) is 2.41. The van der Waals surface area contributed by atoms with Gasteiger partial charge in [-0.1, -0.05) is 34.1 Å². The Morgan fingerprint density at radius 1 is 1.26 bits per heavy atom. The fourth-order valence-electron chi connectivity index (χ4n) is 3.29. The summed E-state index contributed by atoms with van der Waals surface area (Å²) in [5.74, 6) is 0.725. The van der Waals surface area contributed by atoms with Crippen molar-refractivity contribution in [1.29, 1.82) is 0 Å². The Balaban J connectivity index is 2.68. The van der Waals surface area contributed by atoms with Crippen LogP contribution in [0.2, 0.25) is 0 Å². The molecule has 3 nitrogen and oxygen atoms in total. The topological polar surface area (TPSA) is 32.7 Å². The number of rotatable bonds is 7. The molecular formula is C16H33NO2. The highest BCUT2D eigenvalue weighted by Crippen LogP contribution is 2.41. The van der Waals surface area contributed by atoms with Gasteiger partial charge in [0.05, 0.1) is 12.7 Å². The lowest BCUT2D eigenvalue weighted by molar-refractivity contribution is -0.0254. The summed E-state index contributed by atoms with van der Waals surface area (Å²) in [6.07, 6.45) is 4.29. The number of nitrogens with zero attached hydrogens (tertiary/aromatic N) is 1. The van der Waals surface area contributed by atoms with E-state index in [0.717, 1.165) is 38.5 Å². The van der Waals surface area contributed by atoms with Crippen molar-refractivity contribution >= 4 is 0 Å². The molecule has 0 amide bonds. The summed E-state index contributed by atoms with van der Waals surface area (Å²) in [5, 5.41) is 10.3. The van der Waals surface area contributed by atoms with Crippen LogP contribution in [0.15, 0.2) is 0 Å². The van der Waals surface area contributed by atoms with Crippen molar-refractivity contribution in [2.75, 3.05) is 26.8 Å². The lowest BCUT2D eigenvalue weighted by atomic mass is 9.67. The molecule has 0 aromatic heterocycles. The van der Waals surface area contributed by atoms with E-state index in [4.69, 9.17) is 4.74 Å². The van der Waals surface area contributed by atoms with E-state index in [2.05, 4.69) is 32.6 Å². The molecule has 0 saturated heterocycles. The largest absolute Gasteiger partial charge is 0.391 e. The number of ether oxygens (including phenoxy) is 1. The Bertz CT molecular complexity index is 255. The van der Waals surface area contributed by atoms with E-state index in [9.17, 15) is 5.11 Å². The summed E-state index contributed by atoms with van der Waals surface area (Å²) >= 11 is 0. The summed E-state index contributed by atoms with van der Waals surface area (Å²) < 4.78 is 5.19. The molecule has 19 heavy (non-hydrogen) atoms. The molecule has 3 heteroatoms. The van der Waals surface area contributed by atoms with Crippen molar-refractivity contribution < 1.29 is 9.84 Å². The third kappa shape index (κ3) is 4.44. The molecule has 0 aliphatic heterocycles. The summed E-state index contributed by atoms with van der Waals surface area (Å²) in [6.45, 7) is 11.9. The average molecular weight is 271 g/mol. The van der Waals surface area contributed by atoms with E-state index in [1.807, 2.05) is 0 Å². The van der Waals surface area contributed by atoms with Gasteiger partial charge in [0, 0.05) is 19.7 Å². The van der Waals surface area contributed by atoms with E-state index in [-0.39, 0.29) is 6.10 Å². The molecule has 1 rings (SSSR count). The number of aliphatic hydroxyl groups excluding tert-OH is 1. The van der Waals surface area contributed by atoms with Crippen LogP contribution >= 0.6 is 0 Å². The molecule has 0 aromatic carbocycles. The fourth-order valence-corrected chi connectivity index (χ4v) is 3.29. The number of methoxy groups -OCH3 is 1. The second-order valence-electron chi connectivity index (χ2n) is 6.61. The van der Waals surface area contributed by atoms with Crippen molar-refractivity contribution in [1.82, 2.24) is 4.90 Å². The van der Waals surface area contributed by atoms with E-state index in [1.54, 1.807) is 7.11 Å². The summed E-state index contributed by atoms with van der Waals surface area (Å²) in [4.78, 5) is 2.39. The van der Waals surface area contributed by atoms with Gasteiger partial charge in [0.15, 0.2) is 0 Å². The first-order valence-electron chi connectivity index (χ1n) is 7.87. The lowest BCUT2D eigenvalue weighted by Gasteiger charge is -2.45. The Morgan fingerprint density at radius 3 is 2.47 bits per heavy atom. The number of hydrogen-bond acceptors (Lipinski definition) is 3. The molecule has 3 unspecified atom stereocenters. The highest BCUT2D eigenvalue weighted by Gasteiger charge is 2.38. The molecule has 1 fully saturated rings. The van der Waals surface area contributed by atoms with E-state index in [0.29, 0.717) is 11.5 Å². The van der Waals surface area contributed by atoms with Gasteiger partial charge in [-0.2, -0.15) is 0 Å². The summed E-state index contributed by atoms with van der Waals surface area (Å²) in [7, 11) is 1.74. The van der Waals surface area contributed by atoms with Gasteiger partial charge >= 0.3 is 0 Å². The molecule has 1 aliphatic carbocycles. The molecule has 1 N–H and O–H groups in total. The molecule has 1 aliphatic rings. The highest BCUT2D eigenvalue weighted by molar-refractivity contribution is 4.91. The molecule has 0 radical (unpaired) electrons. The number of aliphatic hydroxyl groups is 1. The highest BCUT2D eigenvalue weighted by atomic mass is 16.5. The maximum absolute atomic E-state index is 10.3. The Hall–Kier alpha value is -0.120. The Morgan fingerprint density at radius 2 is 1.95 bits per heavy atom. The van der Waals surface area contributed by atoms with Gasteiger partial charge < -0.3 is 9.84 Å². The molecule has 0 bridgehead atoms. The lowest BCUT2D eigenvalue weighted by Crippen LogP contribution is -2.50. The van der Waals surface area contributed by atoms with Crippen LogP contribution in [0.25, 0.3) is 0 Å². The first kappa shape index (κ1) is 16.9. The van der Waals surface area contributed by atoms with Gasteiger partial charge in [-0.15, -0.1) is 0 Å². The van der Waals surface area contributed by atoms with Crippen molar-refractivity contribution in [3.63, 3.8) is 0 Å². The van der Waals surface area contributed by atoms with Crippen LogP contribution in [-0.2, 0) is 4.74 Å². The van der Waals surface area contributed by atoms with Crippen molar-refractivity contribution in [3.8, 4) is 0 Å². The van der Waals surface area contributed by atoms with Crippen molar-refractivity contribution in [2.45, 2.75) is 65.5 Å². The fraction of sp³-hybridized carbons (Fsp3) is 1.00. The standard InChI is InChI=1S/C16H33NO2/c1-6-16(3,4)13-8-9-15(18)14(12-13)17(7-2)10-11-19-5/h13-15,18H,6-12H2,1-5H3. The van der Waals surface area contributed by atoms with Crippen LogP contribution in [0.5, 0.6) is 0 Å². The molecule has 3 atom stereocenters. The normalized spacial score (nSPS) is 28.9. The first-order valence-corrected chi connectivity index (χ1v) is 7.87. The van der Waals surface area contributed by atoms with Gasteiger partial charge in [-0.05, 0) is 37.1 Å². The minimum absolute atomic E-state index is 0.166. The van der Waals surface area contributed by atoms with Crippen LogP contribution in [0.3, 0.4) is 0 Å². The second-order valence-corrected chi connectivity index (χ2v) is 6.61. The van der Waals surface area contributed by atoms with Crippen LogP contribution in [0, 0.1) is 11.3 Å². The third-order valence-corrected chi connectivity index (χ3v) is 5.26. The maximum atomic E-state index is 10.3. The SMILES string of the molecule is CCN(CCOC)C1CC(C(C)(C)CC)CCC1O. The van der Waals surface area contributed by atoms with Gasteiger partial charge in [0.1, 0.15) is 0 Å². The smallest absolute Gasteiger partial charge is 0.0695 e. The number of likely N-dealkylation sites (N-methyl/N-ethyl adjacent to an activating group) is 1. The van der Waals surface area contributed by atoms with Crippen molar-refractivity contribution in [3.05, 3.63) is 0 Å². The predicted octanol–water partition coefficient (Wildman–Crippen LogP) is 2.92. The van der Waals surface area contributed by atoms with Gasteiger partial charge in [0.2, 0.25) is 0 Å². The van der Waals surface area contributed by atoms with Gasteiger partial charge in [-0.25, -0.2) is 0 Å². The van der Waals surface area contributed by atoms with E-state index < -0.39 is 0 Å². The van der Waals surface area contributed by atoms with Crippen molar-refractivity contribution in [2.24, 2.45) is 11.3 Å². The minimum atomic E-state index is -0.166. The molecule has 0 heterocycles. The molecular weight excluding hydrogens is 238 g/mol. The van der Waals surface area contributed by atoms with Gasteiger partial charge in [0.25, 0.3) is 0 Å². The monoisotopic (exact) mass is 271 g/mol. The van der Waals surface area contributed by atoms with E-state index >= 15 is 0 Å². The van der Waals surface area contributed by atoms with Crippen LogP contribution in [0.1, 0.15) is 53.4 Å². The first-order chi connectivity index (χ1) is 8.96. The molecule has 114 valence electrons. The zero-order valence-electron chi connectivity index (χ0n) is 13.5. The summed E-state index contributed by atoms with van der Waals surface area (Å²) in [6, 6.07) is 0.310. The predicted molar refractivity (Wildman–Crippen MR) is 80.3 cm³/mol. The quantitative estimate of drug-likeness (QED) is 0.773. The number of hydrogen-bond donors (Lipinski definition) is 1. The van der Waals surface area contributed by atoms with Crippen LogP contribution in [0.4, 0.5) is 0 Å². The third-order valence-electron chi connectivity index (χ3n) is 5.26. The Kier molecular flexibility index (Phi) is 6.78. The molecule has 0 aromatic rings. The Labute approximate surface area is 119 Å². The maximum Gasteiger partial charge on any atom is 0.0695 e.